The number of nitrogens with two attached hydrogens (primary N) is 1. The van der Waals surface area contributed by atoms with Crippen LogP contribution in [0.5, 0.6) is 0 Å². The van der Waals surface area contributed by atoms with Crippen LogP contribution >= 0.6 is 0 Å². The summed E-state index contributed by atoms with van der Waals surface area (Å²) in [6, 6.07) is 12.2. The SMILES string of the molecule is CN(C)c1ccc(NC(=O)C(N)c2ccccc2)cn1.O=C(O)C(F)(F)F. The molecule has 1 aromatic heterocycles. The van der Waals surface area contributed by atoms with Crippen molar-refractivity contribution in [1.29, 1.82) is 0 Å². The Morgan fingerprint density at radius 1 is 1.15 bits per heavy atom. The third kappa shape index (κ3) is 7.32. The lowest BCUT2D eigenvalue weighted by atomic mass is 10.1. The van der Waals surface area contributed by atoms with Gasteiger partial charge in [-0.1, -0.05) is 30.3 Å². The first-order valence-electron chi connectivity index (χ1n) is 7.57. The zero-order valence-electron chi connectivity index (χ0n) is 14.6. The zero-order chi connectivity index (χ0) is 20.6. The van der Waals surface area contributed by atoms with Crippen LogP contribution in [0, 0.1) is 0 Å². The number of anilines is 2. The van der Waals surface area contributed by atoms with Crippen molar-refractivity contribution in [2.24, 2.45) is 5.73 Å². The molecule has 1 unspecified atom stereocenters. The number of aromatic nitrogens is 1. The summed E-state index contributed by atoms with van der Waals surface area (Å²) in [4.78, 5) is 27.1. The Kier molecular flexibility index (Phi) is 7.73. The number of amides is 1. The van der Waals surface area contributed by atoms with Crippen LogP contribution in [0.25, 0.3) is 0 Å². The Labute approximate surface area is 153 Å². The number of halogens is 3. The number of pyridine rings is 1. The van der Waals surface area contributed by atoms with Gasteiger partial charge in [-0.25, -0.2) is 9.78 Å². The van der Waals surface area contributed by atoms with Crippen LogP contribution in [0.15, 0.2) is 48.7 Å². The molecule has 27 heavy (non-hydrogen) atoms. The Morgan fingerprint density at radius 2 is 1.70 bits per heavy atom. The summed E-state index contributed by atoms with van der Waals surface area (Å²) in [6.45, 7) is 0. The maximum atomic E-state index is 12.1. The van der Waals surface area contributed by atoms with E-state index in [1.165, 1.54) is 0 Å². The van der Waals surface area contributed by atoms with Crippen molar-refractivity contribution in [1.82, 2.24) is 4.98 Å². The number of hydrogen-bond donors (Lipinski definition) is 3. The molecule has 2 rings (SSSR count). The Morgan fingerprint density at radius 3 is 2.11 bits per heavy atom. The monoisotopic (exact) mass is 384 g/mol. The van der Waals surface area contributed by atoms with Crippen molar-refractivity contribution in [2.45, 2.75) is 12.2 Å². The fourth-order valence-corrected chi connectivity index (χ4v) is 1.76. The molecule has 1 aromatic carbocycles. The van der Waals surface area contributed by atoms with Crippen molar-refractivity contribution in [3.05, 3.63) is 54.2 Å². The predicted octanol–water partition coefficient (Wildman–Crippen LogP) is 2.42. The molecule has 0 spiro atoms. The number of aliphatic carboxylic acids is 1. The van der Waals surface area contributed by atoms with Gasteiger partial charge >= 0.3 is 12.1 Å². The van der Waals surface area contributed by atoms with Crippen LogP contribution in [-0.4, -0.2) is 42.2 Å². The van der Waals surface area contributed by atoms with Gasteiger partial charge in [0, 0.05) is 14.1 Å². The number of benzene rings is 1. The van der Waals surface area contributed by atoms with E-state index in [0.717, 1.165) is 11.4 Å². The molecular formula is C17H19F3N4O3. The number of carboxylic acids is 1. The van der Waals surface area contributed by atoms with Crippen LogP contribution < -0.4 is 16.0 Å². The van der Waals surface area contributed by atoms with Crippen LogP contribution in [0.4, 0.5) is 24.7 Å². The number of nitrogens with one attached hydrogen (secondary N) is 1. The van der Waals surface area contributed by atoms with Gasteiger partial charge in [-0.15, -0.1) is 0 Å². The number of carbonyl (C=O) groups excluding carboxylic acids is 1. The van der Waals surface area contributed by atoms with E-state index >= 15 is 0 Å². The minimum atomic E-state index is -5.08. The Bertz CT molecular complexity index is 750. The van der Waals surface area contributed by atoms with Gasteiger partial charge in [-0.3, -0.25) is 4.79 Å². The van der Waals surface area contributed by atoms with Gasteiger partial charge in [-0.2, -0.15) is 13.2 Å². The Balaban J connectivity index is 0.000000445. The number of carboxylic acid groups (broad SMARTS) is 1. The summed E-state index contributed by atoms with van der Waals surface area (Å²) < 4.78 is 31.7. The second-order valence-electron chi connectivity index (χ2n) is 5.48. The second kappa shape index (κ2) is 9.53. The fourth-order valence-electron chi connectivity index (χ4n) is 1.76. The third-order valence-corrected chi connectivity index (χ3v) is 3.16. The summed E-state index contributed by atoms with van der Waals surface area (Å²) >= 11 is 0. The van der Waals surface area contributed by atoms with E-state index in [2.05, 4.69) is 10.3 Å². The van der Waals surface area contributed by atoms with Gasteiger partial charge in [0.2, 0.25) is 5.91 Å². The van der Waals surface area contributed by atoms with E-state index in [0.29, 0.717) is 5.69 Å². The first-order valence-corrected chi connectivity index (χ1v) is 7.57. The summed E-state index contributed by atoms with van der Waals surface area (Å²) in [5, 5.41) is 9.89. The molecule has 0 saturated heterocycles. The lowest BCUT2D eigenvalue weighted by Crippen LogP contribution is -2.27. The minimum Gasteiger partial charge on any atom is -0.475 e. The molecule has 0 saturated carbocycles. The van der Waals surface area contributed by atoms with E-state index < -0.39 is 18.2 Å². The highest BCUT2D eigenvalue weighted by Gasteiger charge is 2.38. The highest BCUT2D eigenvalue weighted by Crippen LogP contribution is 2.15. The van der Waals surface area contributed by atoms with Crippen molar-refractivity contribution in [3.63, 3.8) is 0 Å². The smallest absolute Gasteiger partial charge is 0.475 e. The van der Waals surface area contributed by atoms with Gasteiger partial charge in [-0.05, 0) is 17.7 Å². The molecular weight excluding hydrogens is 365 g/mol. The number of rotatable bonds is 4. The van der Waals surface area contributed by atoms with E-state index in [1.54, 1.807) is 12.3 Å². The number of carbonyl (C=O) groups is 2. The fraction of sp³-hybridized carbons (Fsp3) is 0.235. The summed E-state index contributed by atoms with van der Waals surface area (Å²) in [7, 11) is 3.82. The van der Waals surface area contributed by atoms with Gasteiger partial charge in [0.05, 0.1) is 11.9 Å². The topological polar surface area (TPSA) is 109 Å². The van der Waals surface area contributed by atoms with Crippen molar-refractivity contribution in [2.75, 3.05) is 24.3 Å². The van der Waals surface area contributed by atoms with Gasteiger partial charge in [0.15, 0.2) is 0 Å². The van der Waals surface area contributed by atoms with E-state index in [-0.39, 0.29) is 5.91 Å². The molecule has 0 aliphatic rings. The van der Waals surface area contributed by atoms with E-state index in [9.17, 15) is 18.0 Å². The number of nitrogens with zero attached hydrogens (tertiary/aromatic N) is 2. The molecule has 0 aliphatic carbocycles. The molecule has 146 valence electrons. The molecule has 1 amide bonds. The lowest BCUT2D eigenvalue weighted by molar-refractivity contribution is -0.192. The number of hydrogen-bond acceptors (Lipinski definition) is 5. The van der Waals surface area contributed by atoms with Gasteiger partial charge in [0.1, 0.15) is 11.9 Å². The van der Waals surface area contributed by atoms with Crippen LogP contribution in [0.2, 0.25) is 0 Å². The molecule has 7 nitrogen and oxygen atoms in total. The highest BCUT2D eigenvalue weighted by atomic mass is 19.4. The third-order valence-electron chi connectivity index (χ3n) is 3.16. The van der Waals surface area contributed by atoms with Crippen molar-refractivity contribution >= 4 is 23.4 Å². The van der Waals surface area contributed by atoms with Gasteiger partial charge in [0.25, 0.3) is 0 Å². The van der Waals surface area contributed by atoms with Crippen LogP contribution in [-0.2, 0) is 9.59 Å². The molecule has 0 radical (unpaired) electrons. The van der Waals surface area contributed by atoms with Crippen LogP contribution in [0.1, 0.15) is 11.6 Å². The lowest BCUT2D eigenvalue weighted by Gasteiger charge is -2.14. The first kappa shape index (κ1) is 21.9. The van der Waals surface area contributed by atoms with Crippen LogP contribution in [0.3, 0.4) is 0 Å². The summed E-state index contributed by atoms with van der Waals surface area (Å²) in [5.41, 5.74) is 7.34. The predicted molar refractivity (Wildman–Crippen MR) is 94.3 cm³/mol. The molecule has 4 N–H and O–H groups in total. The molecule has 10 heteroatoms. The van der Waals surface area contributed by atoms with E-state index in [4.69, 9.17) is 15.6 Å². The summed E-state index contributed by atoms with van der Waals surface area (Å²) in [6.07, 6.45) is -3.47. The average Bonchev–Trinajstić information content (AvgIpc) is 2.62. The molecule has 0 aliphatic heterocycles. The van der Waals surface area contributed by atoms with Crippen molar-refractivity contribution < 1.29 is 27.9 Å². The first-order chi connectivity index (χ1) is 12.5. The van der Waals surface area contributed by atoms with Gasteiger partial charge < -0.3 is 21.1 Å². The largest absolute Gasteiger partial charge is 0.490 e. The maximum absolute atomic E-state index is 12.1. The minimum absolute atomic E-state index is 0.254. The van der Waals surface area contributed by atoms with E-state index in [1.807, 2.05) is 55.4 Å². The molecule has 1 heterocycles. The molecule has 1 atom stereocenters. The molecule has 2 aromatic rings. The average molecular weight is 384 g/mol. The summed E-state index contributed by atoms with van der Waals surface area (Å²) in [5.74, 6) is -2.18. The highest BCUT2D eigenvalue weighted by molar-refractivity contribution is 5.95. The number of alkyl halides is 3. The molecule has 0 fully saturated rings. The maximum Gasteiger partial charge on any atom is 0.490 e. The quantitative estimate of drug-likeness (QED) is 0.747. The normalized spacial score (nSPS) is 11.6. The molecule has 0 bridgehead atoms. The second-order valence-corrected chi connectivity index (χ2v) is 5.48. The zero-order valence-corrected chi connectivity index (χ0v) is 14.6. The standard InChI is InChI=1S/C15H18N4O.C2HF3O2/c1-19(2)13-9-8-12(10-17-13)18-15(20)14(16)11-6-4-3-5-7-11;3-2(4,5)1(6)7/h3-10,14H,16H2,1-2H3,(H,18,20);(H,6,7). The van der Waals surface area contributed by atoms with Crippen molar-refractivity contribution in [3.8, 4) is 0 Å². The Hall–Kier alpha value is -3.14.